The van der Waals surface area contributed by atoms with Crippen molar-refractivity contribution in [1.82, 2.24) is 0 Å². The Balaban J connectivity index is 1.78. The molecule has 3 heteroatoms. The lowest BCUT2D eigenvalue weighted by atomic mass is 10.2. The fourth-order valence-corrected chi connectivity index (χ4v) is 2.72. The van der Waals surface area contributed by atoms with E-state index in [4.69, 9.17) is 9.47 Å². The number of ether oxygens (including phenoxy) is 2. The molecule has 0 aromatic carbocycles. The zero-order valence-corrected chi connectivity index (χ0v) is 9.23. The van der Waals surface area contributed by atoms with Crippen molar-refractivity contribution >= 4 is 11.8 Å². The fraction of sp³-hybridized carbons (Fsp3) is 1.00. The summed E-state index contributed by atoms with van der Waals surface area (Å²) in [6.45, 7) is 5.96. The van der Waals surface area contributed by atoms with E-state index in [0.717, 1.165) is 19.1 Å². The minimum absolute atomic E-state index is 0.0104. The molecule has 1 heterocycles. The van der Waals surface area contributed by atoms with Crippen LogP contribution >= 0.6 is 11.8 Å². The number of rotatable bonds is 4. The van der Waals surface area contributed by atoms with Crippen molar-refractivity contribution in [2.24, 2.45) is 5.92 Å². The number of hydrogen-bond acceptors (Lipinski definition) is 3. The van der Waals surface area contributed by atoms with Crippen molar-refractivity contribution in [1.29, 1.82) is 0 Å². The van der Waals surface area contributed by atoms with Crippen LogP contribution < -0.4 is 0 Å². The van der Waals surface area contributed by atoms with Gasteiger partial charge in [-0.1, -0.05) is 0 Å². The third-order valence-electron chi connectivity index (χ3n) is 2.58. The maximum absolute atomic E-state index is 5.53. The largest absolute Gasteiger partial charge is 0.349 e. The molecule has 0 amide bonds. The Morgan fingerprint density at radius 1 is 1.23 bits per heavy atom. The van der Waals surface area contributed by atoms with Gasteiger partial charge in [-0.25, -0.2) is 0 Å². The summed E-state index contributed by atoms with van der Waals surface area (Å²) < 4.78 is 11.2. The lowest BCUT2D eigenvalue weighted by Gasteiger charge is -2.29. The van der Waals surface area contributed by atoms with Gasteiger partial charge in [-0.15, -0.1) is 0 Å². The third kappa shape index (κ3) is 2.61. The summed E-state index contributed by atoms with van der Waals surface area (Å²) in [7, 11) is 0. The maximum atomic E-state index is 5.53. The molecule has 1 saturated heterocycles. The van der Waals surface area contributed by atoms with Crippen LogP contribution in [-0.4, -0.2) is 30.0 Å². The first-order valence-corrected chi connectivity index (χ1v) is 6.04. The first-order chi connectivity index (χ1) is 6.18. The predicted octanol–water partition coefficient (Wildman–Crippen LogP) is 2.28. The summed E-state index contributed by atoms with van der Waals surface area (Å²) in [5.74, 6) is 2.25. The number of thioether (sulfide) groups is 1. The van der Waals surface area contributed by atoms with E-state index in [9.17, 15) is 0 Å². The Labute approximate surface area is 84.4 Å². The molecule has 2 rings (SSSR count). The lowest BCUT2D eigenvalue weighted by Crippen LogP contribution is -2.34. The summed E-state index contributed by atoms with van der Waals surface area (Å²) in [4.78, 5) is 0. The standard InChI is InChI=1S/C10H18O2S/c1-10(2,9-11-5-6-12-9)13-7-8-3-4-8/h8-9H,3-7H2,1-2H3. The Hall–Kier alpha value is 0.270. The minimum atomic E-state index is 0.0104. The van der Waals surface area contributed by atoms with Crippen LogP contribution in [0.4, 0.5) is 0 Å². The zero-order valence-electron chi connectivity index (χ0n) is 8.41. The van der Waals surface area contributed by atoms with Crippen molar-refractivity contribution in [3.8, 4) is 0 Å². The van der Waals surface area contributed by atoms with Gasteiger partial charge in [0.1, 0.15) is 0 Å². The Morgan fingerprint density at radius 3 is 2.38 bits per heavy atom. The highest BCUT2D eigenvalue weighted by Crippen LogP contribution is 2.39. The molecule has 0 aromatic rings. The second kappa shape index (κ2) is 3.79. The molecule has 0 N–H and O–H groups in total. The number of hydrogen-bond donors (Lipinski definition) is 0. The van der Waals surface area contributed by atoms with Gasteiger partial charge in [-0.2, -0.15) is 11.8 Å². The molecule has 2 nitrogen and oxygen atoms in total. The topological polar surface area (TPSA) is 18.5 Å². The van der Waals surface area contributed by atoms with Crippen LogP contribution in [0.5, 0.6) is 0 Å². The Bertz CT molecular complexity index is 172. The van der Waals surface area contributed by atoms with E-state index in [1.54, 1.807) is 0 Å². The van der Waals surface area contributed by atoms with Crippen LogP contribution in [-0.2, 0) is 9.47 Å². The van der Waals surface area contributed by atoms with Gasteiger partial charge in [0, 0.05) is 0 Å². The molecule has 0 bridgehead atoms. The smallest absolute Gasteiger partial charge is 0.171 e. The normalized spacial score (nSPS) is 25.4. The molecule has 0 aromatic heterocycles. The first-order valence-electron chi connectivity index (χ1n) is 5.05. The van der Waals surface area contributed by atoms with Gasteiger partial charge in [0.05, 0.1) is 18.0 Å². The van der Waals surface area contributed by atoms with E-state index in [1.165, 1.54) is 18.6 Å². The van der Waals surface area contributed by atoms with Crippen LogP contribution in [0.2, 0.25) is 0 Å². The lowest BCUT2D eigenvalue weighted by molar-refractivity contribution is -0.0612. The Morgan fingerprint density at radius 2 is 1.85 bits per heavy atom. The summed E-state index contributed by atoms with van der Waals surface area (Å²) in [5, 5.41) is 0. The molecule has 1 aliphatic heterocycles. The molecule has 2 aliphatic rings. The SMILES string of the molecule is CC(C)(SCC1CC1)C1OCCO1. The van der Waals surface area contributed by atoms with E-state index in [2.05, 4.69) is 13.8 Å². The monoisotopic (exact) mass is 202 g/mol. The maximum Gasteiger partial charge on any atom is 0.171 e. The van der Waals surface area contributed by atoms with Crippen molar-refractivity contribution in [2.75, 3.05) is 19.0 Å². The van der Waals surface area contributed by atoms with Crippen molar-refractivity contribution in [3.05, 3.63) is 0 Å². The molecule has 0 unspecified atom stereocenters. The quantitative estimate of drug-likeness (QED) is 0.697. The summed E-state index contributed by atoms with van der Waals surface area (Å²) in [6.07, 6.45) is 2.86. The minimum Gasteiger partial charge on any atom is -0.349 e. The van der Waals surface area contributed by atoms with Crippen LogP contribution in [0, 0.1) is 5.92 Å². The van der Waals surface area contributed by atoms with Gasteiger partial charge in [0.25, 0.3) is 0 Å². The summed E-state index contributed by atoms with van der Waals surface area (Å²) in [6, 6.07) is 0. The van der Waals surface area contributed by atoms with Gasteiger partial charge in [0.2, 0.25) is 0 Å². The van der Waals surface area contributed by atoms with Crippen LogP contribution in [0.1, 0.15) is 26.7 Å². The van der Waals surface area contributed by atoms with Crippen LogP contribution in [0.25, 0.3) is 0 Å². The van der Waals surface area contributed by atoms with E-state index in [-0.39, 0.29) is 11.0 Å². The van der Waals surface area contributed by atoms with E-state index < -0.39 is 0 Å². The van der Waals surface area contributed by atoms with Gasteiger partial charge in [-0.05, 0) is 38.4 Å². The average Bonchev–Trinajstić information content (AvgIpc) is 2.74. The summed E-state index contributed by atoms with van der Waals surface area (Å²) >= 11 is 2.00. The van der Waals surface area contributed by atoms with Crippen molar-refractivity contribution < 1.29 is 9.47 Å². The third-order valence-corrected chi connectivity index (χ3v) is 4.15. The first kappa shape index (κ1) is 9.81. The van der Waals surface area contributed by atoms with E-state index in [0.29, 0.717) is 0 Å². The molecule has 2 fully saturated rings. The Kier molecular flexibility index (Phi) is 2.86. The van der Waals surface area contributed by atoms with E-state index in [1.807, 2.05) is 11.8 Å². The second-order valence-corrected chi connectivity index (χ2v) is 6.11. The molecule has 0 radical (unpaired) electrons. The highest BCUT2D eigenvalue weighted by Gasteiger charge is 2.36. The van der Waals surface area contributed by atoms with Gasteiger partial charge in [-0.3, -0.25) is 0 Å². The summed E-state index contributed by atoms with van der Waals surface area (Å²) in [5.41, 5.74) is 0. The molecule has 0 spiro atoms. The average molecular weight is 202 g/mol. The molecular formula is C10H18O2S. The molecule has 1 aliphatic carbocycles. The second-order valence-electron chi connectivity index (χ2n) is 4.43. The molecular weight excluding hydrogens is 184 g/mol. The molecule has 1 saturated carbocycles. The molecule has 13 heavy (non-hydrogen) atoms. The van der Waals surface area contributed by atoms with E-state index >= 15 is 0 Å². The molecule has 76 valence electrons. The van der Waals surface area contributed by atoms with Gasteiger partial charge < -0.3 is 9.47 Å². The predicted molar refractivity (Wildman–Crippen MR) is 55.0 cm³/mol. The highest BCUT2D eigenvalue weighted by molar-refractivity contribution is 8.00. The van der Waals surface area contributed by atoms with Crippen LogP contribution in [0.15, 0.2) is 0 Å². The molecule has 0 atom stereocenters. The van der Waals surface area contributed by atoms with Gasteiger partial charge >= 0.3 is 0 Å². The van der Waals surface area contributed by atoms with Crippen molar-refractivity contribution in [2.45, 2.75) is 37.7 Å². The zero-order chi connectivity index (χ0) is 9.31. The fourth-order valence-electron chi connectivity index (χ4n) is 1.44. The van der Waals surface area contributed by atoms with Gasteiger partial charge in [0.15, 0.2) is 6.29 Å². The van der Waals surface area contributed by atoms with Crippen molar-refractivity contribution in [3.63, 3.8) is 0 Å². The van der Waals surface area contributed by atoms with Crippen LogP contribution in [0.3, 0.4) is 0 Å². The highest BCUT2D eigenvalue weighted by atomic mass is 32.2.